The molecule has 0 radical (unpaired) electrons. The van der Waals surface area contributed by atoms with E-state index in [4.69, 9.17) is 0 Å². The smallest absolute Gasteiger partial charge is 0.0540 e. The normalized spacial score (nSPS) is 12.2. The summed E-state index contributed by atoms with van der Waals surface area (Å²) in [5, 5.41) is 5.37. The fourth-order valence-electron chi connectivity index (χ4n) is 7.67. The van der Waals surface area contributed by atoms with Crippen LogP contribution >= 0.6 is 0 Å². The number of para-hydroxylation sites is 2. The van der Waals surface area contributed by atoms with Gasteiger partial charge in [0.05, 0.1) is 5.69 Å². The molecule has 1 aliphatic carbocycles. The minimum absolute atomic E-state index is 1.01. The summed E-state index contributed by atoms with van der Waals surface area (Å²) in [5.41, 5.74) is 15.2. The Balaban J connectivity index is 1.41. The fraction of sp³-hybridized carbons (Fsp3) is 0.136. The molecule has 8 rings (SSSR count). The Morgan fingerprint density at radius 1 is 0.413 bits per heavy atom. The van der Waals surface area contributed by atoms with E-state index < -0.39 is 0 Å². The van der Waals surface area contributed by atoms with Crippen molar-refractivity contribution in [1.82, 2.24) is 0 Å². The van der Waals surface area contributed by atoms with Gasteiger partial charge in [-0.1, -0.05) is 72.8 Å². The maximum absolute atomic E-state index is 2.47. The predicted molar refractivity (Wildman–Crippen MR) is 197 cm³/mol. The second kappa shape index (κ2) is 11.2. The number of aryl methyl sites for hydroxylation is 6. The van der Waals surface area contributed by atoms with Crippen molar-refractivity contribution in [2.45, 2.75) is 40.5 Å². The SMILES string of the molecule is Cc1cc(C)cc(N(c2ccccc2)c2ccc3ccc4c(N(c5ccccc5)c5cc(C)cc(C)c5)ccc5c4c3c2CC5)c1. The molecule has 0 saturated heterocycles. The fourth-order valence-corrected chi connectivity index (χ4v) is 7.67. The van der Waals surface area contributed by atoms with Crippen LogP contribution in [0.5, 0.6) is 0 Å². The van der Waals surface area contributed by atoms with Gasteiger partial charge in [-0.2, -0.15) is 0 Å². The Kier molecular flexibility index (Phi) is 6.87. The Morgan fingerprint density at radius 3 is 1.48 bits per heavy atom. The van der Waals surface area contributed by atoms with Gasteiger partial charge in [0.25, 0.3) is 0 Å². The lowest BCUT2D eigenvalue weighted by Gasteiger charge is -2.32. The first kappa shape index (κ1) is 28.2. The van der Waals surface area contributed by atoms with E-state index in [1.807, 2.05) is 0 Å². The summed E-state index contributed by atoms with van der Waals surface area (Å²) in [4.78, 5) is 4.91. The van der Waals surface area contributed by atoms with Gasteiger partial charge in [0, 0.05) is 33.8 Å². The monoisotopic (exact) mass is 594 g/mol. The Labute approximate surface area is 272 Å². The maximum atomic E-state index is 2.47. The summed E-state index contributed by atoms with van der Waals surface area (Å²) in [6, 6.07) is 49.5. The molecule has 0 amide bonds. The van der Waals surface area contributed by atoms with Gasteiger partial charge in [-0.05, 0) is 151 Å². The van der Waals surface area contributed by atoms with E-state index in [0.717, 1.165) is 18.5 Å². The molecule has 224 valence electrons. The van der Waals surface area contributed by atoms with E-state index in [2.05, 4.69) is 171 Å². The molecule has 7 aromatic rings. The summed E-state index contributed by atoms with van der Waals surface area (Å²) in [6.07, 6.45) is 2.02. The van der Waals surface area contributed by atoms with Crippen molar-refractivity contribution in [2.75, 3.05) is 9.80 Å². The lowest BCUT2D eigenvalue weighted by Crippen LogP contribution is -2.15. The number of hydrogen-bond acceptors (Lipinski definition) is 2. The van der Waals surface area contributed by atoms with E-state index >= 15 is 0 Å². The van der Waals surface area contributed by atoms with Gasteiger partial charge >= 0.3 is 0 Å². The van der Waals surface area contributed by atoms with Crippen LogP contribution in [0.1, 0.15) is 33.4 Å². The van der Waals surface area contributed by atoms with E-state index in [1.165, 1.54) is 83.4 Å². The Morgan fingerprint density at radius 2 is 0.913 bits per heavy atom. The van der Waals surface area contributed by atoms with Crippen LogP contribution in [0.4, 0.5) is 34.1 Å². The Hall–Kier alpha value is -5.34. The minimum Gasteiger partial charge on any atom is -0.310 e. The molecule has 0 saturated carbocycles. The zero-order chi connectivity index (χ0) is 31.4. The standard InChI is InChI=1S/C44H38N2/c1-29-23-30(2)26-37(25-29)45(35-11-7-5-8-12-35)41-21-17-33-16-20-40-42(22-18-34-15-19-39(41)43(33)44(34)40)46(36-13-9-6-10-14-36)38-27-31(3)24-32(4)28-38/h5-15,17-19,21-28H,16,20H2,1-4H3. The second-order valence-corrected chi connectivity index (χ2v) is 12.9. The van der Waals surface area contributed by atoms with E-state index in [1.54, 1.807) is 0 Å². The molecular weight excluding hydrogens is 556 g/mol. The summed E-state index contributed by atoms with van der Waals surface area (Å²) >= 11 is 0. The second-order valence-electron chi connectivity index (χ2n) is 12.9. The van der Waals surface area contributed by atoms with E-state index in [9.17, 15) is 0 Å². The third-order valence-corrected chi connectivity index (χ3v) is 9.39. The number of anilines is 6. The van der Waals surface area contributed by atoms with Crippen LogP contribution in [-0.2, 0) is 12.8 Å². The van der Waals surface area contributed by atoms with Crippen molar-refractivity contribution in [3.63, 3.8) is 0 Å². The number of hydrogen-bond donors (Lipinski definition) is 0. The zero-order valence-electron chi connectivity index (χ0n) is 27.0. The summed E-state index contributed by atoms with van der Waals surface area (Å²) in [5.74, 6) is 0. The number of rotatable bonds is 6. The lowest BCUT2D eigenvalue weighted by molar-refractivity contribution is 0.963. The van der Waals surface area contributed by atoms with Gasteiger partial charge in [0.1, 0.15) is 0 Å². The van der Waals surface area contributed by atoms with Crippen LogP contribution in [0, 0.1) is 27.7 Å². The maximum Gasteiger partial charge on any atom is 0.0540 e. The van der Waals surface area contributed by atoms with Gasteiger partial charge in [0.15, 0.2) is 0 Å². The van der Waals surface area contributed by atoms with Crippen molar-refractivity contribution in [3.8, 4) is 0 Å². The lowest BCUT2D eigenvalue weighted by atomic mass is 9.84. The van der Waals surface area contributed by atoms with Crippen molar-refractivity contribution >= 4 is 55.7 Å². The molecule has 7 aromatic carbocycles. The number of benzene rings is 7. The van der Waals surface area contributed by atoms with Crippen molar-refractivity contribution in [3.05, 3.63) is 167 Å². The summed E-state index contributed by atoms with van der Waals surface area (Å²) in [6.45, 7) is 8.77. The molecule has 0 aliphatic heterocycles. The molecule has 46 heavy (non-hydrogen) atoms. The summed E-state index contributed by atoms with van der Waals surface area (Å²) in [7, 11) is 0. The van der Waals surface area contributed by atoms with Crippen molar-refractivity contribution in [2.24, 2.45) is 0 Å². The number of nitrogens with zero attached hydrogens (tertiary/aromatic N) is 2. The van der Waals surface area contributed by atoms with Gasteiger partial charge in [0.2, 0.25) is 0 Å². The molecule has 2 heteroatoms. The van der Waals surface area contributed by atoms with Crippen LogP contribution in [0.3, 0.4) is 0 Å². The zero-order valence-corrected chi connectivity index (χ0v) is 27.0. The highest BCUT2D eigenvalue weighted by Gasteiger charge is 2.25. The van der Waals surface area contributed by atoms with Crippen molar-refractivity contribution in [1.29, 1.82) is 0 Å². The highest BCUT2D eigenvalue weighted by atomic mass is 15.2. The highest BCUT2D eigenvalue weighted by Crippen LogP contribution is 2.48. The first-order valence-corrected chi connectivity index (χ1v) is 16.3. The first-order chi connectivity index (χ1) is 22.4. The average Bonchev–Trinajstić information content (AvgIpc) is 3.05. The molecule has 0 bridgehead atoms. The molecule has 0 heterocycles. The third-order valence-electron chi connectivity index (χ3n) is 9.39. The topological polar surface area (TPSA) is 6.48 Å². The van der Waals surface area contributed by atoms with Gasteiger partial charge in [-0.3, -0.25) is 0 Å². The highest BCUT2D eigenvalue weighted by molar-refractivity contribution is 6.17. The van der Waals surface area contributed by atoms with E-state index in [0.29, 0.717) is 0 Å². The largest absolute Gasteiger partial charge is 0.310 e. The first-order valence-electron chi connectivity index (χ1n) is 16.3. The molecule has 1 aliphatic rings. The predicted octanol–water partition coefficient (Wildman–Crippen LogP) is 12.3. The minimum atomic E-state index is 1.01. The summed E-state index contributed by atoms with van der Waals surface area (Å²) < 4.78 is 0. The quantitative estimate of drug-likeness (QED) is 0.177. The molecule has 2 nitrogen and oxygen atoms in total. The molecule has 0 atom stereocenters. The molecular formula is C44H38N2. The van der Waals surface area contributed by atoms with Crippen LogP contribution in [0.25, 0.3) is 21.5 Å². The molecule has 0 N–H and O–H groups in total. The Bertz CT molecular complexity index is 2210. The third kappa shape index (κ3) is 4.82. The van der Waals surface area contributed by atoms with Crippen LogP contribution < -0.4 is 9.80 Å². The molecule has 0 aromatic heterocycles. The molecule has 0 fully saturated rings. The van der Waals surface area contributed by atoms with E-state index in [-0.39, 0.29) is 0 Å². The molecule has 0 unspecified atom stereocenters. The van der Waals surface area contributed by atoms with Crippen LogP contribution in [0.15, 0.2) is 133 Å². The van der Waals surface area contributed by atoms with Gasteiger partial charge in [-0.15, -0.1) is 0 Å². The average molecular weight is 595 g/mol. The van der Waals surface area contributed by atoms with Crippen molar-refractivity contribution < 1.29 is 0 Å². The van der Waals surface area contributed by atoms with Gasteiger partial charge in [-0.25, -0.2) is 0 Å². The molecule has 0 spiro atoms. The van der Waals surface area contributed by atoms with Gasteiger partial charge < -0.3 is 9.80 Å². The van der Waals surface area contributed by atoms with Crippen LogP contribution in [0.2, 0.25) is 0 Å². The van der Waals surface area contributed by atoms with Crippen LogP contribution in [-0.4, -0.2) is 0 Å².